The standard InChI is InChI=1S/C30H52NO2/c1-2-3-4-5-6-7-8-9-10-11-12-13-14-15-16-17-18-19-22-30(33)31-27-20-21-28-23-25-29(32)26-24-28/h23-26,32H,2-22,27H2,1H3. The second-order valence-corrected chi connectivity index (χ2v) is 9.81. The van der Waals surface area contributed by atoms with Crippen molar-refractivity contribution in [2.75, 3.05) is 6.54 Å². The van der Waals surface area contributed by atoms with Crippen LogP contribution < -0.4 is 5.32 Å². The van der Waals surface area contributed by atoms with Crippen molar-refractivity contribution in [2.24, 2.45) is 0 Å². The molecular formula is C30H52NO2. The van der Waals surface area contributed by atoms with Crippen LogP contribution in [-0.4, -0.2) is 17.6 Å². The van der Waals surface area contributed by atoms with E-state index >= 15 is 0 Å². The van der Waals surface area contributed by atoms with Crippen LogP contribution in [0.25, 0.3) is 0 Å². The highest BCUT2D eigenvalue weighted by atomic mass is 16.3. The molecule has 0 unspecified atom stereocenters. The molecule has 1 amide bonds. The zero-order valence-corrected chi connectivity index (χ0v) is 21.7. The first kappa shape index (κ1) is 29.5. The summed E-state index contributed by atoms with van der Waals surface area (Å²) >= 11 is 0. The number of hydrogen-bond donors (Lipinski definition) is 1. The SMILES string of the molecule is CCCCCCCCCCCCCCCCCCCCC(=O)[N]CCCc1ccc(O)cc1. The van der Waals surface area contributed by atoms with Gasteiger partial charge in [0.05, 0.1) is 0 Å². The van der Waals surface area contributed by atoms with Crippen molar-refractivity contribution in [3.05, 3.63) is 29.8 Å². The maximum atomic E-state index is 11.9. The molecule has 0 spiro atoms. The highest BCUT2D eigenvalue weighted by Crippen LogP contribution is 2.15. The van der Waals surface area contributed by atoms with Crippen LogP contribution in [0.3, 0.4) is 0 Å². The molecular weight excluding hydrogens is 406 g/mol. The van der Waals surface area contributed by atoms with Gasteiger partial charge in [-0.3, -0.25) is 10.1 Å². The van der Waals surface area contributed by atoms with E-state index in [0.717, 1.165) is 25.7 Å². The fourth-order valence-corrected chi connectivity index (χ4v) is 4.41. The van der Waals surface area contributed by atoms with E-state index in [9.17, 15) is 9.90 Å². The Morgan fingerprint density at radius 3 is 1.52 bits per heavy atom. The first-order chi connectivity index (χ1) is 16.2. The summed E-state index contributed by atoms with van der Waals surface area (Å²) in [6.07, 6.45) is 27.0. The number of benzene rings is 1. The minimum Gasteiger partial charge on any atom is -0.508 e. The van der Waals surface area contributed by atoms with E-state index < -0.39 is 0 Å². The van der Waals surface area contributed by atoms with E-state index in [1.165, 1.54) is 108 Å². The van der Waals surface area contributed by atoms with Crippen molar-refractivity contribution < 1.29 is 9.90 Å². The number of amides is 1. The van der Waals surface area contributed by atoms with Crippen molar-refractivity contribution >= 4 is 5.91 Å². The molecule has 0 saturated heterocycles. The third-order valence-corrected chi connectivity index (χ3v) is 6.59. The number of phenolic OH excluding ortho intramolecular Hbond substituents is 1. The quantitative estimate of drug-likeness (QED) is 0.166. The van der Waals surface area contributed by atoms with Crippen molar-refractivity contribution in [2.45, 2.75) is 142 Å². The van der Waals surface area contributed by atoms with Gasteiger partial charge in [0.25, 0.3) is 0 Å². The first-order valence-corrected chi connectivity index (χ1v) is 14.2. The zero-order valence-electron chi connectivity index (χ0n) is 21.7. The summed E-state index contributed by atoms with van der Waals surface area (Å²) in [5.74, 6) is 0.361. The lowest BCUT2D eigenvalue weighted by molar-refractivity contribution is -0.121. The lowest BCUT2D eigenvalue weighted by Crippen LogP contribution is -2.16. The predicted octanol–water partition coefficient (Wildman–Crippen LogP) is 8.89. The number of aromatic hydroxyl groups is 1. The molecule has 0 saturated carbocycles. The highest BCUT2D eigenvalue weighted by molar-refractivity contribution is 5.75. The van der Waals surface area contributed by atoms with Crippen LogP contribution in [0, 0.1) is 0 Å². The average Bonchev–Trinajstić information content (AvgIpc) is 2.82. The summed E-state index contributed by atoms with van der Waals surface area (Å²) in [5.41, 5.74) is 1.18. The lowest BCUT2D eigenvalue weighted by atomic mass is 10.0. The number of carbonyl (C=O) groups is 1. The molecule has 0 aliphatic heterocycles. The van der Waals surface area contributed by atoms with Crippen molar-refractivity contribution in [1.82, 2.24) is 5.32 Å². The molecule has 1 N–H and O–H groups in total. The molecule has 1 radical (unpaired) electrons. The fraction of sp³-hybridized carbons (Fsp3) is 0.767. The molecule has 0 bridgehead atoms. The minimum atomic E-state index is 0.0669. The first-order valence-electron chi connectivity index (χ1n) is 14.2. The van der Waals surface area contributed by atoms with Gasteiger partial charge in [-0.25, -0.2) is 0 Å². The van der Waals surface area contributed by atoms with Gasteiger partial charge in [0.2, 0.25) is 5.91 Å². The number of phenols is 1. The number of rotatable bonds is 23. The predicted molar refractivity (Wildman–Crippen MR) is 142 cm³/mol. The van der Waals surface area contributed by atoms with Crippen LogP contribution >= 0.6 is 0 Å². The summed E-state index contributed by atoms with van der Waals surface area (Å²) in [7, 11) is 0. The molecule has 0 fully saturated rings. The molecule has 0 aliphatic rings. The molecule has 1 aromatic rings. The van der Waals surface area contributed by atoms with Gasteiger partial charge in [0.1, 0.15) is 5.75 Å². The van der Waals surface area contributed by atoms with Gasteiger partial charge in [0, 0.05) is 13.0 Å². The Kier molecular flexibility index (Phi) is 19.9. The van der Waals surface area contributed by atoms with Gasteiger partial charge in [-0.05, 0) is 37.0 Å². The Bertz CT molecular complexity index is 555. The topological polar surface area (TPSA) is 51.4 Å². The van der Waals surface area contributed by atoms with Gasteiger partial charge in [-0.1, -0.05) is 128 Å². The van der Waals surface area contributed by atoms with Crippen LogP contribution in [0.15, 0.2) is 24.3 Å². The smallest absolute Gasteiger partial charge is 0.241 e. The molecule has 0 heterocycles. The molecule has 1 rings (SSSR count). The van der Waals surface area contributed by atoms with Crippen molar-refractivity contribution in [3.8, 4) is 5.75 Å². The number of aryl methyl sites for hydroxylation is 1. The Morgan fingerprint density at radius 1 is 0.636 bits per heavy atom. The maximum Gasteiger partial charge on any atom is 0.241 e. The van der Waals surface area contributed by atoms with E-state index in [0.29, 0.717) is 18.7 Å². The molecule has 0 aromatic heterocycles. The second-order valence-electron chi connectivity index (χ2n) is 9.81. The molecule has 3 heteroatoms. The third-order valence-electron chi connectivity index (χ3n) is 6.59. The molecule has 33 heavy (non-hydrogen) atoms. The van der Waals surface area contributed by atoms with Gasteiger partial charge in [-0.15, -0.1) is 0 Å². The zero-order chi connectivity index (χ0) is 23.8. The van der Waals surface area contributed by atoms with Gasteiger partial charge in [-0.2, -0.15) is 0 Å². The largest absolute Gasteiger partial charge is 0.508 e. The van der Waals surface area contributed by atoms with E-state index in [4.69, 9.17) is 0 Å². The number of carbonyl (C=O) groups excluding carboxylic acids is 1. The molecule has 189 valence electrons. The summed E-state index contributed by atoms with van der Waals surface area (Å²) in [4.78, 5) is 11.9. The Morgan fingerprint density at radius 2 is 1.06 bits per heavy atom. The van der Waals surface area contributed by atoms with Gasteiger partial charge in [0.15, 0.2) is 0 Å². The van der Waals surface area contributed by atoms with Crippen molar-refractivity contribution in [3.63, 3.8) is 0 Å². The van der Waals surface area contributed by atoms with Crippen LogP contribution in [0.5, 0.6) is 5.75 Å². The molecule has 0 aliphatic carbocycles. The normalized spacial score (nSPS) is 11.1. The van der Waals surface area contributed by atoms with E-state index in [-0.39, 0.29) is 5.91 Å². The van der Waals surface area contributed by atoms with Gasteiger partial charge >= 0.3 is 0 Å². The summed E-state index contributed by atoms with van der Waals surface area (Å²) < 4.78 is 0. The Hall–Kier alpha value is -1.51. The molecule has 1 aromatic carbocycles. The van der Waals surface area contributed by atoms with Gasteiger partial charge < -0.3 is 5.11 Å². The monoisotopic (exact) mass is 458 g/mol. The van der Waals surface area contributed by atoms with Crippen LogP contribution in [0.1, 0.15) is 141 Å². The number of hydrogen-bond acceptors (Lipinski definition) is 2. The van der Waals surface area contributed by atoms with Crippen LogP contribution in [-0.2, 0) is 11.2 Å². The van der Waals surface area contributed by atoms with Crippen LogP contribution in [0.2, 0.25) is 0 Å². The highest BCUT2D eigenvalue weighted by Gasteiger charge is 2.03. The van der Waals surface area contributed by atoms with E-state index in [1.54, 1.807) is 12.1 Å². The average molecular weight is 459 g/mol. The number of nitrogens with zero attached hydrogens (tertiary/aromatic N) is 1. The fourth-order valence-electron chi connectivity index (χ4n) is 4.41. The van der Waals surface area contributed by atoms with E-state index in [1.807, 2.05) is 12.1 Å². The third kappa shape index (κ3) is 19.6. The summed E-state index contributed by atoms with van der Waals surface area (Å²) in [5, 5.41) is 13.5. The summed E-state index contributed by atoms with van der Waals surface area (Å²) in [6.45, 7) is 2.90. The summed E-state index contributed by atoms with van der Waals surface area (Å²) in [6, 6.07) is 7.26. The minimum absolute atomic E-state index is 0.0669. The van der Waals surface area contributed by atoms with Crippen molar-refractivity contribution in [1.29, 1.82) is 0 Å². The Labute approximate surface area is 205 Å². The lowest BCUT2D eigenvalue weighted by Gasteiger charge is -2.04. The second kappa shape index (κ2) is 22.3. The number of unbranched alkanes of at least 4 members (excludes halogenated alkanes) is 17. The maximum absolute atomic E-state index is 11.9. The van der Waals surface area contributed by atoms with E-state index in [2.05, 4.69) is 12.2 Å². The Balaban J connectivity index is 1.74. The molecule has 0 atom stereocenters. The molecule has 3 nitrogen and oxygen atoms in total. The van der Waals surface area contributed by atoms with Crippen LogP contribution in [0.4, 0.5) is 0 Å².